The predicted molar refractivity (Wildman–Crippen MR) is 115 cm³/mol. The molecule has 0 spiro atoms. The van der Waals surface area contributed by atoms with Gasteiger partial charge < -0.3 is 24.5 Å². The smallest absolute Gasteiger partial charge is 0.0937 e. The summed E-state index contributed by atoms with van der Waals surface area (Å²) >= 11 is 0. The first-order valence-electron chi connectivity index (χ1n) is 12.0. The van der Waals surface area contributed by atoms with Gasteiger partial charge in [-0.2, -0.15) is 0 Å². The molecule has 1 aliphatic heterocycles. The molecule has 5 nitrogen and oxygen atoms in total. The van der Waals surface area contributed by atoms with Crippen LogP contribution in [-0.2, 0) is 4.74 Å². The molecule has 0 radical (unpaired) electrons. The van der Waals surface area contributed by atoms with Crippen LogP contribution in [0.4, 0.5) is 0 Å². The maximum absolute atomic E-state index is 11.9. The van der Waals surface area contributed by atoms with Crippen LogP contribution in [-0.4, -0.2) is 46.3 Å². The molecule has 4 aliphatic carbocycles. The van der Waals surface area contributed by atoms with Crippen molar-refractivity contribution in [3.05, 3.63) is 35.8 Å². The molecule has 5 aliphatic rings. The molecule has 11 atom stereocenters. The van der Waals surface area contributed by atoms with Crippen LogP contribution in [0.3, 0.4) is 0 Å². The number of ether oxygens (including phenoxy) is 1. The van der Waals surface area contributed by atoms with Crippen LogP contribution in [0.5, 0.6) is 0 Å². The number of allylic oxidation sites excluding steroid dienone is 1. The van der Waals surface area contributed by atoms with Crippen LogP contribution in [0.1, 0.15) is 64.9 Å². The normalized spacial score (nSPS) is 57.8. The molecule has 5 heteroatoms. The molecule has 170 valence electrons. The summed E-state index contributed by atoms with van der Waals surface area (Å²) in [7, 11) is 0. The summed E-state index contributed by atoms with van der Waals surface area (Å²) in [4.78, 5) is 0. The van der Waals surface area contributed by atoms with E-state index in [4.69, 9.17) is 9.15 Å². The Kier molecular flexibility index (Phi) is 3.99. The second-order valence-electron chi connectivity index (χ2n) is 12.1. The lowest BCUT2D eigenvalue weighted by Gasteiger charge is -2.69. The Bertz CT molecular complexity index is 924. The van der Waals surface area contributed by atoms with E-state index >= 15 is 0 Å². The van der Waals surface area contributed by atoms with Gasteiger partial charge in [-0.3, -0.25) is 0 Å². The van der Waals surface area contributed by atoms with Crippen molar-refractivity contribution in [2.45, 2.75) is 83.7 Å². The van der Waals surface area contributed by atoms with Crippen molar-refractivity contribution in [2.24, 2.45) is 33.5 Å². The summed E-state index contributed by atoms with van der Waals surface area (Å²) in [5, 5.41) is 34.3. The van der Waals surface area contributed by atoms with E-state index in [1.165, 1.54) is 11.1 Å². The highest BCUT2D eigenvalue weighted by atomic mass is 16.5. The lowest BCUT2D eigenvalue weighted by Crippen LogP contribution is -2.72. The van der Waals surface area contributed by atoms with Crippen LogP contribution in [0.15, 0.2) is 34.7 Å². The second kappa shape index (κ2) is 6.05. The maximum Gasteiger partial charge on any atom is 0.0937 e. The standard InChI is InChI=1S/C26H36O5/c1-23-9-7-17-25(3,16(23)6-5-15(23)14-8-10-30-12-14)22(29)20-21-24(2,13-31-20)18(27)11-19(28)26(17,21)4/h6,8,10,12,15,17-22,27-29H,5,7,9,11,13H2,1-4H3. The highest BCUT2D eigenvalue weighted by Gasteiger charge is 2.76. The third kappa shape index (κ3) is 2.13. The molecule has 1 aromatic heterocycles. The number of hydrogen-bond donors (Lipinski definition) is 3. The fraction of sp³-hybridized carbons (Fsp3) is 0.769. The number of furan rings is 1. The Balaban J connectivity index is 1.49. The zero-order chi connectivity index (χ0) is 22.0. The van der Waals surface area contributed by atoms with Gasteiger partial charge in [-0.15, -0.1) is 0 Å². The van der Waals surface area contributed by atoms with Gasteiger partial charge in [0.2, 0.25) is 0 Å². The van der Waals surface area contributed by atoms with E-state index in [0.717, 1.165) is 19.3 Å². The van der Waals surface area contributed by atoms with Crippen molar-refractivity contribution in [1.82, 2.24) is 0 Å². The van der Waals surface area contributed by atoms with Crippen LogP contribution in [0, 0.1) is 33.5 Å². The Morgan fingerprint density at radius 2 is 1.84 bits per heavy atom. The molecule has 3 N–H and O–H groups in total. The third-order valence-corrected chi connectivity index (χ3v) is 11.0. The van der Waals surface area contributed by atoms with Gasteiger partial charge in [0.25, 0.3) is 0 Å². The largest absolute Gasteiger partial charge is 0.472 e. The van der Waals surface area contributed by atoms with Crippen molar-refractivity contribution in [1.29, 1.82) is 0 Å². The van der Waals surface area contributed by atoms with E-state index in [-0.39, 0.29) is 23.4 Å². The Morgan fingerprint density at radius 1 is 1.06 bits per heavy atom. The number of aliphatic hydroxyl groups excluding tert-OH is 3. The van der Waals surface area contributed by atoms with E-state index in [9.17, 15) is 15.3 Å². The summed E-state index contributed by atoms with van der Waals surface area (Å²) in [6.45, 7) is 9.33. The lowest BCUT2D eigenvalue weighted by molar-refractivity contribution is -0.255. The molecule has 0 aromatic carbocycles. The van der Waals surface area contributed by atoms with Crippen molar-refractivity contribution >= 4 is 0 Å². The van der Waals surface area contributed by atoms with E-state index in [0.29, 0.717) is 18.9 Å². The Labute approximate surface area is 184 Å². The van der Waals surface area contributed by atoms with Crippen LogP contribution in [0.2, 0.25) is 0 Å². The van der Waals surface area contributed by atoms with Crippen LogP contribution >= 0.6 is 0 Å². The van der Waals surface area contributed by atoms with E-state index in [1.807, 2.05) is 6.26 Å². The number of hydrogen-bond acceptors (Lipinski definition) is 5. The van der Waals surface area contributed by atoms with Crippen LogP contribution < -0.4 is 0 Å². The van der Waals surface area contributed by atoms with Gasteiger partial charge in [-0.05, 0) is 48.1 Å². The third-order valence-electron chi connectivity index (χ3n) is 11.0. The van der Waals surface area contributed by atoms with E-state index < -0.39 is 34.6 Å². The number of aliphatic hydroxyl groups is 3. The first-order valence-corrected chi connectivity index (χ1v) is 12.0. The average Bonchev–Trinajstić information content (AvgIpc) is 3.43. The second-order valence-corrected chi connectivity index (χ2v) is 12.1. The topological polar surface area (TPSA) is 83.1 Å². The molecule has 1 aromatic rings. The SMILES string of the molecule is CC12CCC3C(C)(C1=CCC2c1ccoc1)C(O)C1OCC2(C)C(O)CC(O)C3(C)C12. The van der Waals surface area contributed by atoms with Gasteiger partial charge >= 0.3 is 0 Å². The number of fused-ring (bicyclic) bond motifs is 4. The van der Waals surface area contributed by atoms with Gasteiger partial charge in [-0.1, -0.05) is 39.3 Å². The van der Waals surface area contributed by atoms with Crippen molar-refractivity contribution in [2.75, 3.05) is 6.61 Å². The summed E-state index contributed by atoms with van der Waals surface area (Å²) < 4.78 is 11.7. The summed E-state index contributed by atoms with van der Waals surface area (Å²) in [6.07, 6.45) is 7.09. The van der Waals surface area contributed by atoms with Gasteiger partial charge in [0.05, 0.1) is 43.5 Å². The van der Waals surface area contributed by atoms with E-state index in [2.05, 4.69) is 39.8 Å². The highest BCUT2D eigenvalue weighted by Crippen LogP contribution is 2.75. The lowest BCUT2D eigenvalue weighted by atomic mass is 9.36. The van der Waals surface area contributed by atoms with Gasteiger partial charge in [0.1, 0.15) is 0 Å². The van der Waals surface area contributed by atoms with Crippen LogP contribution in [0.25, 0.3) is 0 Å². The molecule has 4 fully saturated rings. The van der Waals surface area contributed by atoms with Gasteiger partial charge in [0.15, 0.2) is 0 Å². The molecule has 3 saturated carbocycles. The Morgan fingerprint density at radius 3 is 2.55 bits per heavy atom. The fourth-order valence-corrected chi connectivity index (χ4v) is 9.50. The molecule has 0 amide bonds. The van der Waals surface area contributed by atoms with Crippen molar-refractivity contribution in [3.63, 3.8) is 0 Å². The molecule has 11 unspecified atom stereocenters. The average molecular weight is 429 g/mol. The molecule has 0 bridgehead atoms. The monoisotopic (exact) mass is 428 g/mol. The predicted octanol–water partition coefficient (Wildman–Crippen LogP) is 3.64. The summed E-state index contributed by atoms with van der Waals surface area (Å²) in [5.74, 6) is 0.440. The van der Waals surface area contributed by atoms with E-state index in [1.54, 1.807) is 6.26 Å². The first kappa shape index (κ1) is 20.5. The quantitative estimate of drug-likeness (QED) is 0.595. The zero-order valence-electron chi connectivity index (χ0n) is 19.0. The minimum absolute atomic E-state index is 0.0413. The minimum Gasteiger partial charge on any atom is -0.472 e. The van der Waals surface area contributed by atoms with Crippen molar-refractivity contribution in [3.8, 4) is 0 Å². The summed E-state index contributed by atoms with van der Waals surface area (Å²) in [5.41, 5.74) is 1.24. The van der Waals surface area contributed by atoms with Gasteiger partial charge in [-0.25, -0.2) is 0 Å². The molecule has 6 rings (SSSR count). The maximum atomic E-state index is 11.9. The molecule has 2 heterocycles. The number of rotatable bonds is 1. The molecule has 1 saturated heterocycles. The molecule has 31 heavy (non-hydrogen) atoms. The molecular weight excluding hydrogens is 392 g/mol. The Hall–Kier alpha value is -1.14. The highest BCUT2D eigenvalue weighted by molar-refractivity contribution is 5.41. The first-order chi connectivity index (χ1) is 14.6. The molecular formula is C26H36O5. The minimum atomic E-state index is -0.649. The fourth-order valence-electron chi connectivity index (χ4n) is 9.50. The zero-order valence-corrected chi connectivity index (χ0v) is 19.0. The van der Waals surface area contributed by atoms with Crippen molar-refractivity contribution < 1.29 is 24.5 Å². The van der Waals surface area contributed by atoms with Gasteiger partial charge in [0, 0.05) is 28.6 Å². The summed E-state index contributed by atoms with van der Waals surface area (Å²) in [6, 6.07) is 2.08.